The van der Waals surface area contributed by atoms with Crippen molar-refractivity contribution >= 4 is 5.96 Å². The van der Waals surface area contributed by atoms with Gasteiger partial charge in [-0.05, 0) is 18.3 Å². The molecule has 14 heavy (non-hydrogen) atoms. The highest BCUT2D eigenvalue weighted by molar-refractivity contribution is 5.81. The summed E-state index contributed by atoms with van der Waals surface area (Å²) in [6, 6.07) is 0.613. The second kappa shape index (κ2) is 3.44. The summed E-state index contributed by atoms with van der Waals surface area (Å²) in [5.41, 5.74) is 0.436. The van der Waals surface area contributed by atoms with Crippen LogP contribution in [0.4, 0.5) is 0 Å². The van der Waals surface area contributed by atoms with E-state index in [0.717, 1.165) is 19.0 Å². The van der Waals surface area contributed by atoms with E-state index in [1.807, 2.05) is 0 Å². The summed E-state index contributed by atoms with van der Waals surface area (Å²) in [5.74, 6) is 1.10. The molecule has 0 spiro atoms. The molecule has 1 atom stereocenters. The van der Waals surface area contributed by atoms with Crippen LogP contribution >= 0.6 is 0 Å². The summed E-state index contributed by atoms with van der Waals surface area (Å²) in [6.45, 7) is 6.72. The summed E-state index contributed by atoms with van der Waals surface area (Å²) >= 11 is 0. The SMILES string of the molecule is CN1CCN=C1NC1CCCC1(C)C. The lowest BCUT2D eigenvalue weighted by molar-refractivity contribution is 0.304. The first-order valence-electron chi connectivity index (χ1n) is 5.62. The fraction of sp³-hybridized carbons (Fsp3) is 0.909. The Morgan fingerprint density at radius 2 is 2.29 bits per heavy atom. The van der Waals surface area contributed by atoms with Crippen molar-refractivity contribution in [3.63, 3.8) is 0 Å². The summed E-state index contributed by atoms with van der Waals surface area (Å²) in [7, 11) is 2.11. The van der Waals surface area contributed by atoms with Gasteiger partial charge in [-0.1, -0.05) is 20.3 Å². The van der Waals surface area contributed by atoms with Crippen molar-refractivity contribution in [1.82, 2.24) is 10.2 Å². The third-order valence-electron chi connectivity index (χ3n) is 3.62. The van der Waals surface area contributed by atoms with E-state index in [0.29, 0.717) is 11.5 Å². The van der Waals surface area contributed by atoms with E-state index in [1.165, 1.54) is 19.3 Å². The van der Waals surface area contributed by atoms with E-state index in [4.69, 9.17) is 0 Å². The number of rotatable bonds is 1. The molecule has 0 aromatic carbocycles. The van der Waals surface area contributed by atoms with Gasteiger partial charge in [-0.25, -0.2) is 0 Å². The van der Waals surface area contributed by atoms with Crippen molar-refractivity contribution in [3.05, 3.63) is 0 Å². The minimum atomic E-state index is 0.436. The van der Waals surface area contributed by atoms with Crippen molar-refractivity contribution < 1.29 is 0 Å². The minimum absolute atomic E-state index is 0.436. The molecule has 3 nitrogen and oxygen atoms in total. The van der Waals surface area contributed by atoms with Gasteiger partial charge in [-0.15, -0.1) is 0 Å². The monoisotopic (exact) mass is 195 g/mol. The lowest BCUT2D eigenvalue weighted by atomic mass is 9.87. The molecular weight excluding hydrogens is 174 g/mol. The Bertz CT molecular complexity index is 245. The topological polar surface area (TPSA) is 27.6 Å². The van der Waals surface area contributed by atoms with E-state index in [1.54, 1.807) is 0 Å². The van der Waals surface area contributed by atoms with E-state index >= 15 is 0 Å². The summed E-state index contributed by atoms with van der Waals surface area (Å²) in [6.07, 6.45) is 3.98. The molecule has 0 saturated heterocycles. The molecule has 0 aromatic heterocycles. The molecule has 80 valence electrons. The van der Waals surface area contributed by atoms with Crippen LogP contribution in [0, 0.1) is 5.41 Å². The number of likely N-dealkylation sites (N-methyl/N-ethyl adjacent to an activating group) is 1. The normalized spacial score (nSPS) is 30.6. The first kappa shape index (κ1) is 9.81. The van der Waals surface area contributed by atoms with Crippen molar-refractivity contribution in [3.8, 4) is 0 Å². The van der Waals surface area contributed by atoms with Crippen LogP contribution in [0.15, 0.2) is 4.99 Å². The van der Waals surface area contributed by atoms with E-state index < -0.39 is 0 Å². The van der Waals surface area contributed by atoms with Crippen LogP contribution in [0.5, 0.6) is 0 Å². The molecule has 3 heteroatoms. The average Bonchev–Trinajstić information content (AvgIpc) is 2.62. The van der Waals surface area contributed by atoms with Gasteiger partial charge in [-0.3, -0.25) is 4.99 Å². The number of nitrogens with one attached hydrogen (secondary N) is 1. The Morgan fingerprint density at radius 3 is 2.79 bits per heavy atom. The summed E-state index contributed by atoms with van der Waals surface area (Å²) < 4.78 is 0. The summed E-state index contributed by atoms with van der Waals surface area (Å²) in [5, 5.41) is 3.59. The van der Waals surface area contributed by atoms with Crippen molar-refractivity contribution in [2.24, 2.45) is 10.4 Å². The number of aliphatic imine (C=N–C) groups is 1. The molecule has 1 fully saturated rings. The summed E-state index contributed by atoms with van der Waals surface area (Å²) in [4.78, 5) is 6.69. The van der Waals surface area contributed by atoms with E-state index in [-0.39, 0.29) is 0 Å². The molecule has 0 amide bonds. The van der Waals surface area contributed by atoms with Crippen LogP contribution in [-0.4, -0.2) is 37.0 Å². The van der Waals surface area contributed by atoms with Gasteiger partial charge in [0.05, 0.1) is 6.54 Å². The first-order chi connectivity index (χ1) is 6.59. The lowest BCUT2D eigenvalue weighted by Crippen LogP contribution is -2.46. The molecule has 0 radical (unpaired) electrons. The minimum Gasteiger partial charge on any atom is -0.353 e. The molecule has 1 saturated carbocycles. The van der Waals surface area contributed by atoms with Gasteiger partial charge in [0.25, 0.3) is 0 Å². The first-order valence-corrected chi connectivity index (χ1v) is 5.62. The zero-order valence-electron chi connectivity index (χ0n) is 9.51. The molecule has 2 aliphatic rings. The third-order valence-corrected chi connectivity index (χ3v) is 3.62. The van der Waals surface area contributed by atoms with E-state index in [9.17, 15) is 0 Å². The zero-order valence-corrected chi connectivity index (χ0v) is 9.51. The van der Waals surface area contributed by atoms with Gasteiger partial charge in [0.2, 0.25) is 0 Å². The Hall–Kier alpha value is -0.730. The molecule has 0 bridgehead atoms. The molecular formula is C11H21N3. The lowest BCUT2D eigenvalue weighted by Gasteiger charge is -2.30. The standard InChI is InChI=1S/C11H21N3/c1-11(2)6-4-5-9(11)13-10-12-7-8-14(10)3/h9H,4-8H2,1-3H3,(H,12,13). The number of hydrogen-bond acceptors (Lipinski definition) is 3. The third kappa shape index (κ3) is 1.72. The van der Waals surface area contributed by atoms with Gasteiger partial charge < -0.3 is 10.2 Å². The Kier molecular flexibility index (Phi) is 2.41. The largest absolute Gasteiger partial charge is 0.353 e. The highest BCUT2D eigenvalue weighted by atomic mass is 15.3. The predicted molar refractivity (Wildman–Crippen MR) is 59.5 cm³/mol. The Balaban J connectivity index is 1.97. The predicted octanol–water partition coefficient (Wildman–Crippen LogP) is 1.46. The average molecular weight is 195 g/mol. The number of nitrogens with zero attached hydrogens (tertiary/aromatic N) is 2. The fourth-order valence-electron chi connectivity index (χ4n) is 2.44. The van der Waals surface area contributed by atoms with Gasteiger partial charge >= 0.3 is 0 Å². The van der Waals surface area contributed by atoms with Crippen LogP contribution in [0.3, 0.4) is 0 Å². The maximum absolute atomic E-state index is 4.48. The van der Waals surface area contributed by atoms with Crippen molar-refractivity contribution in [1.29, 1.82) is 0 Å². The number of hydrogen-bond donors (Lipinski definition) is 1. The van der Waals surface area contributed by atoms with Gasteiger partial charge in [0, 0.05) is 19.6 Å². The van der Waals surface area contributed by atoms with Gasteiger partial charge in [-0.2, -0.15) is 0 Å². The second-order valence-corrected chi connectivity index (χ2v) is 5.20. The van der Waals surface area contributed by atoms with Crippen molar-refractivity contribution in [2.75, 3.05) is 20.1 Å². The maximum Gasteiger partial charge on any atom is 0.194 e. The smallest absolute Gasteiger partial charge is 0.194 e. The highest BCUT2D eigenvalue weighted by Crippen LogP contribution is 2.37. The van der Waals surface area contributed by atoms with Gasteiger partial charge in [0.1, 0.15) is 0 Å². The second-order valence-electron chi connectivity index (χ2n) is 5.20. The molecule has 1 aliphatic heterocycles. The maximum atomic E-state index is 4.48. The molecule has 1 heterocycles. The van der Waals surface area contributed by atoms with Crippen LogP contribution in [0.2, 0.25) is 0 Å². The van der Waals surface area contributed by atoms with Crippen molar-refractivity contribution in [2.45, 2.75) is 39.2 Å². The molecule has 0 aromatic rings. The number of guanidine groups is 1. The van der Waals surface area contributed by atoms with Crippen LogP contribution < -0.4 is 5.32 Å². The quantitative estimate of drug-likeness (QED) is 0.686. The highest BCUT2D eigenvalue weighted by Gasteiger charge is 2.35. The van der Waals surface area contributed by atoms with Crippen LogP contribution in [-0.2, 0) is 0 Å². The van der Waals surface area contributed by atoms with Crippen LogP contribution in [0.25, 0.3) is 0 Å². The Labute approximate surface area is 86.6 Å². The van der Waals surface area contributed by atoms with Crippen LogP contribution in [0.1, 0.15) is 33.1 Å². The zero-order chi connectivity index (χ0) is 10.2. The molecule has 1 N–H and O–H groups in total. The molecule has 1 unspecified atom stereocenters. The molecule has 2 rings (SSSR count). The fourth-order valence-corrected chi connectivity index (χ4v) is 2.44. The molecule has 1 aliphatic carbocycles. The van der Waals surface area contributed by atoms with Gasteiger partial charge in [0.15, 0.2) is 5.96 Å². The van der Waals surface area contributed by atoms with E-state index in [2.05, 4.69) is 36.1 Å². The Morgan fingerprint density at radius 1 is 1.50 bits per heavy atom.